The number of ether oxygens (including phenoxy) is 2. The molecule has 0 heterocycles. The molecular weight excluding hydrogens is 228 g/mol. The van der Waals surface area contributed by atoms with E-state index in [2.05, 4.69) is 5.32 Å². The molecule has 0 saturated heterocycles. The number of carbonyl (C=O) groups excluding carboxylic acids is 1. The van der Waals surface area contributed by atoms with E-state index in [9.17, 15) is 4.79 Å². The highest BCUT2D eigenvalue weighted by Crippen LogP contribution is 2.33. The third-order valence-electron chi connectivity index (χ3n) is 2.00. The highest BCUT2D eigenvalue weighted by atomic mass is 32.1. The van der Waals surface area contributed by atoms with Crippen LogP contribution in [0.3, 0.4) is 0 Å². The Labute approximate surface area is 98.5 Å². The van der Waals surface area contributed by atoms with Gasteiger partial charge in [0.15, 0.2) is 11.5 Å². The van der Waals surface area contributed by atoms with E-state index in [0.29, 0.717) is 29.2 Å². The predicted molar refractivity (Wildman–Crippen MR) is 65.1 cm³/mol. The maximum Gasteiger partial charge on any atom is 0.211 e. The molecule has 0 unspecified atom stereocenters. The van der Waals surface area contributed by atoms with Gasteiger partial charge < -0.3 is 20.5 Å². The lowest BCUT2D eigenvalue weighted by Gasteiger charge is -2.13. The first-order valence-corrected chi connectivity index (χ1v) is 4.80. The summed E-state index contributed by atoms with van der Waals surface area (Å²) < 4.78 is 10.2. The van der Waals surface area contributed by atoms with Crippen molar-refractivity contribution in [3.05, 3.63) is 17.7 Å². The number of benzene rings is 1. The number of carbonyl (C=O) groups is 1. The standard InChI is InChI=1S/C10H12N2O3S/c1-14-8-3-6(10(11)16)7(12-5-13)4-9(8)15-2/h3-5H,1-2H3,(H2,11,16)(H,12,13). The maximum atomic E-state index is 10.4. The van der Waals surface area contributed by atoms with Gasteiger partial charge in [0.1, 0.15) is 4.99 Å². The van der Waals surface area contributed by atoms with E-state index in [1.807, 2.05) is 0 Å². The molecule has 5 nitrogen and oxygen atoms in total. The largest absolute Gasteiger partial charge is 0.493 e. The summed E-state index contributed by atoms with van der Waals surface area (Å²) >= 11 is 4.88. The second-order valence-corrected chi connectivity index (χ2v) is 3.32. The molecule has 0 aromatic heterocycles. The molecule has 6 heteroatoms. The van der Waals surface area contributed by atoms with Gasteiger partial charge in [0, 0.05) is 11.6 Å². The van der Waals surface area contributed by atoms with Gasteiger partial charge in [-0.05, 0) is 6.07 Å². The third-order valence-corrected chi connectivity index (χ3v) is 2.22. The number of rotatable bonds is 5. The Morgan fingerprint density at radius 1 is 1.38 bits per heavy atom. The molecule has 3 N–H and O–H groups in total. The summed E-state index contributed by atoms with van der Waals surface area (Å²) in [6, 6.07) is 3.22. The fourth-order valence-electron chi connectivity index (χ4n) is 1.27. The topological polar surface area (TPSA) is 73.6 Å². The Bertz CT molecular complexity index is 421. The molecule has 0 saturated carbocycles. The van der Waals surface area contributed by atoms with Crippen LogP contribution < -0.4 is 20.5 Å². The van der Waals surface area contributed by atoms with E-state index in [1.165, 1.54) is 14.2 Å². The lowest BCUT2D eigenvalue weighted by atomic mass is 10.1. The average molecular weight is 240 g/mol. The molecule has 0 radical (unpaired) electrons. The van der Waals surface area contributed by atoms with Gasteiger partial charge in [-0.25, -0.2) is 0 Å². The number of hydrogen-bond donors (Lipinski definition) is 2. The first kappa shape index (κ1) is 12.3. The molecule has 0 aliphatic heterocycles. The molecule has 1 aromatic rings. The molecule has 0 bridgehead atoms. The quantitative estimate of drug-likeness (QED) is 0.591. The summed E-state index contributed by atoms with van der Waals surface area (Å²) in [6.07, 6.45) is 0.545. The van der Waals surface area contributed by atoms with Gasteiger partial charge in [-0.15, -0.1) is 0 Å². The van der Waals surface area contributed by atoms with E-state index in [-0.39, 0.29) is 4.99 Å². The van der Waals surface area contributed by atoms with Gasteiger partial charge in [-0.1, -0.05) is 12.2 Å². The first-order valence-electron chi connectivity index (χ1n) is 4.40. The highest BCUT2D eigenvalue weighted by Gasteiger charge is 2.12. The normalized spacial score (nSPS) is 9.38. The molecule has 0 fully saturated rings. The molecule has 0 aliphatic carbocycles. The van der Waals surface area contributed by atoms with Crippen LogP contribution in [0.25, 0.3) is 0 Å². The lowest BCUT2D eigenvalue weighted by Crippen LogP contribution is -2.13. The molecule has 1 amide bonds. The van der Waals surface area contributed by atoms with E-state index in [0.717, 1.165) is 0 Å². The number of anilines is 1. The minimum atomic E-state index is 0.172. The third kappa shape index (κ3) is 2.40. The zero-order valence-electron chi connectivity index (χ0n) is 8.94. The second-order valence-electron chi connectivity index (χ2n) is 2.88. The number of amides is 1. The number of thiocarbonyl (C=S) groups is 1. The summed E-state index contributed by atoms with van der Waals surface area (Å²) in [5.74, 6) is 0.994. The molecule has 86 valence electrons. The van der Waals surface area contributed by atoms with Crippen molar-refractivity contribution in [3.8, 4) is 11.5 Å². The number of nitrogens with one attached hydrogen (secondary N) is 1. The molecule has 0 spiro atoms. The van der Waals surface area contributed by atoms with Crippen LogP contribution in [0.15, 0.2) is 12.1 Å². The van der Waals surface area contributed by atoms with Crippen molar-refractivity contribution in [2.45, 2.75) is 0 Å². The van der Waals surface area contributed by atoms with Gasteiger partial charge >= 0.3 is 0 Å². The van der Waals surface area contributed by atoms with Crippen LogP contribution in [-0.4, -0.2) is 25.6 Å². The number of hydrogen-bond acceptors (Lipinski definition) is 4. The minimum absolute atomic E-state index is 0.172. The molecule has 0 atom stereocenters. The van der Waals surface area contributed by atoms with Crippen LogP contribution in [0.4, 0.5) is 5.69 Å². The average Bonchev–Trinajstić information content (AvgIpc) is 2.28. The van der Waals surface area contributed by atoms with E-state index >= 15 is 0 Å². The zero-order valence-corrected chi connectivity index (χ0v) is 9.76. The lowest BCUT2D eigenvalue weighted by molar-refractivity contribution is -0.105. The summed E-state index contributed by atoms with van der Waals surface area (Å²) in [6.45, 7) is 0. The van der Waals surface area contributed by atoms with Crippen LogP contribution in [-0.2, 0) is 4.79 Å². The van der Waals surface area contributed by atoms with Crippen LogP contribution in [0, 0.1) is 0 Å². The summed E-state index contributed by atoms with van der Waals surface area (Å²) in [5, 5.41) is 2.50. The Hall–Kier alpha value is -1.82. The zero-order chi connectivity index (χ0) is 12.1. The minimum Gasteiger partial charge on any atom is -0.493 e. The monoisotopic (exact) mass is 240 g/mol. The van der Waals surface area contributed by atoms with Crippen LogP contribution >= 0.6 is 12.2 Å². The van der Waals surface area contributed by atoms with Crippen molar-refractivity contribution in [1.82, 2.24) is 0 Å². The van der Waals surface area contributed by atoms with E-state index in [4.69, 9.17) is 27.4 Å². The van der Waals surface area contributed by atoms with Crippen LogP contribution in [0.1, 0.15) is 5.56 Å². The van der Waals surface area contributed by atoms with Gasteiger partial charge in [0.05, 0.1) is 19.9 Å². The van der Waals surface area contributed by atoms with Crippen molar-refractivity contribution in [2.24, 2.45) is 5.73 Å². The summed E-state index contributed by atoms with van der Waals surface area (Å²) in [4.78, 5) is 10.6. The Balaban J connectivity index is 3.34. The fraction of sp³-hybridized carbons (Fsp3) is 0.200. The van der Waals surface area contributed by atoms with E-state index < -0.39 is 0 Å². The van der Waals surface area contributed by atoms with Crippen LogP contribution in [0.2, 0.25) is 0 Å². The van der Waals surface area contributed by atoms with Crippen molar-refractivity contribution in [1.29, 1.82) is 0 Å². The SMILES string of the molecule is COc1cc(NC=O)c(C(N)=S)cc1OC. The summed E-state index contributed by atoms with van der Waals surface area (Å²) in [5.41, 5.74) is 6.55. The fourth-order valence-corrected chi connectivity index (χ4v) is 1.43. The molecule has 1 aromatic carbocycles. The molecule has 1 rings (SSSR count). The Morgan fingerprint density at radius 3 is 2.38 bits per heavy atom. The Morgan fingerprint density at radius 2 is 1.94 bits per heavy atom. The van der Waals surface area contributed by atoms with Crippen LogP contribution in [0.5, 0.6) is 11.5 Å². The second kappa shape index (κ2) is 5.32. The molecule has 0 aliphatic rings. The van der Waals surface area contributed by atoms with Gasteiger partial charge in [0.2, 0.25) is 6.41 Å². The number of methoxy groups -OCH3 is 2. The predicted octanol–water partition coefficient (Wildman–Crippen LogP) is 0.906. The maximum absolute atomic E-state index is 10.4. The first-order chi connectivity index (χ1) is 7.63. The molecule has 16 heavy (non-hydrogen) atoms. The highest BCUT2D eigenvalue weighted by molar-refractivity contribution is 7.80. The number of nitrogens with two attached hydrogens (primary N) is 1. The van der Waals surface area contributed by atoms with Gasteiger partial charge in [-0.2, -0.15) is 0 Å². The van der Waals surface area contributed by atoms with Crippen molar-refractivity contribution < 1.29 is 14.3 Å². The van der Waals surface area contributed by atoms with Crippen molar-refractivity contribution >= 4 is 29.3 Å². The van der Waals surface area contributed by atoms with Crippen molar-refractivity contribution in [3.63, 3.8) is 0 Å². The van der Waals surface area contributed by atoms with Gasteiger partial charge in [-0.3, -0.25) is 4.79 Å². The smallest absolute Gasteiger partial charge is 0.211 e. The molecular formula is C10H12N2O3S. The van der Waals surface area contributed by atoms with Crippen molar-refractivity contribution in [2.75, 3.05) is 19.5 Å². The van der Waals surface area contributed by atoms with E-state index in [1.54, 1.807) is 12.1 Å². The van der Waals surface area contributed by atoms with Gasteiger partial charge in [0.25, 0.3) is 0 Å². The Kier molecular flexibility index (Phi) is 4.07. The summed E-state index contributed by atoms with van der Waals surface area (Å²) in [7, 11) is 3.01.